The van der Waals surface area contributed by atoms with Gasteiger partial charge in [0.1, 0.15) is 5.52 Å². The molecule has 0 spiro atoms. The van der Waals surface area contributed by atoms with Gasteiger partial charge in [-0.15, -0.1) is 0 Å². The molecule has 0 atom stereocenters. The van der Waals surface area contributed by atoms with Gasteiger partial charge in [0, 0.05) is 22.6 Å². The number of halogens is 2. The monoisotopic (exact) mass is 400 g/mol. The van der Waals surface area contributed by atoms with Gasteiger partial charge in [0.25, 0.3) is 0 Å². The van der Waals surface area contributed by atoms with E-state index in [1.54, 1.807) is 6.33 Å². The van der Waals surface area contributed by atoms with E-state index in [1.165, 1.54) is 0 Å². The van der Waals surface area contributed by atoms with Crippen LogP contribution in [0.25, 0.3) is 11.2 Å². The molecule has 0 unspecified atom stereocenters. The summed E-state index contributed by atoms with van der Waals surface area (Å²) in [4.78, 5) is 12.7. The van der Waals surface area contributed by atoms with Crippen LogP contribution in [-0.4, -0.2) is 24.6 Å². The minimum absolute atomic E-state index is 0.0509. The van der Waals surface area contributed by atoms with Gasteiger partial charge in [-0.2, -0.15) is 0 Å². The zero-order valence-electron chi connectivity index (χ0n) is 10.3. The summed E-state index contributed by atoms with van der Waals surface area (Å²) in [6.07, 6.45) is 1.71. The van der Waals surface area contributed by atoms with Crippen LogP contribution in [0.4, 0.5) is 0 Å². The standard InChI is InChI=1S/C13H10ClIN4O/c14-11-10-12(18-13(15)17-11)19(7-16-10)5-8-1-3-9(6-20)4-2-8/h1-4,7,20H,5-6H2. The van der Waals surface area contributed by atoms with E-state index in [1.807, 2.05) is 51.4 Å². The average molecular weight is 401 g/mol. The summed E-state index contributed by atoms with van der Waals surface area (Å²) in [5, 5.41) is 9.41. The van der Waals surface area contributed by atoms with Crippen molar-refractivity contribution in [1.29, 1.82) is 0 Å². The summed E-state index contributed by atoms with van der Waals surface area (Å²) >= 11 is 8.09. The second-order valence-electron chi connectivity index (χ2n) is 4.30. The van der Waals surface area contributed by atoms with Crippen LogP contribution in [0.3, 0.4) is 0 Å². The molecule has 0 fully saturated rings. The molecule has 0 saturated heterocycles. The van der Waals surface area contributed by atoms with Gasteiger partial charge < -0.3 is 9.67 Å². The third kappa shape index (κ3) is 2.63. The highest BCUT2D eigenvalue weighted by atomic mass is 127. The molecule has 2 aromatic heterocycles. The Morgan fingerprint density at radius 2 is 1.85 bits per heavy atom. The van der Waals surface area contributed by atoms with Gasteiger partial charge in [-0.25, -0.2) is 15.0 Å². The third-order valence-corrected chi connectivity index (χ3v) is 3.70. The molecular weight excluding hydrogens is 391 g/mol. The van der Waals surface area contributed by atoms with Crippen LogP contribution < -0.4 is 0 Å². The van der Waals surface area contributed by atoms with Crippen molar-refractivity contribution in [3.63, 3.8) is 0 Å². The summed E-state index contributed by atoms with van der Waals surface area (Å²) in [5.74, 6) is 0. The van der Waals surface area contributed by atoms with Crippen molar-refractivity contribution >= 4 is 45.4 Å². The Bertz CT molecular complexity index is 757. The Morgan fingerprint density at radius 3 is 2.55 bits per heavy atom. The first-order valence-electron chi connectivity index (χ1n) is 5.90. The van der Waals surface area contributed by atoms with Gasteiger partial charge in [-0.05, 0) is 11.1 Å². The van der Waals surface area contributed by atoms with E-state index < -0.39 is 0 Å². The lowest BCUT2D eigenvalue weighted by molar-refractivity contribution is 0.282. The molecule has 1 aromatic carbocycles. The summed E-state index contributed by atoms with van der Waals surface area (Å²) in [6, 6.07) is 7.76. The lowest BCUT2D eigenvalue weighted by Crippen LogP contribution is -2.01. The van der Waals surface area contributed by atoms with Gasteiger partial charge >= 0.3 is 0 Å². The van der Waals surface area contributed by atoms with Crippen LogP contribution in [0, 0.1) is 3.83 Å². The van der Waals surface area contributed by atoms with Crippen molar-refractivity contribution in [2.24, 2.45) is 0 Å². The molecule has 1 N–H and O–H groups in total. The second kappa shape index (κ2) is 5.63. The lowest BCUT2D eigenvalue weighted by atomic mass is 10.1. The normalized spacial score (nSPS) is 11.2. The smallest absolute Gasteiger partial charge is 0.194 e. The predicted octanol–water partition coefficient (Wildman–Crippen LogP) is 2.62. The van der Waals surface area contributed by atoms with Crippen LogP contribution in [0.2, 0.25) is 5.15 Å². The molecule has 3 aromatic rings. The molecular formula is C13H10ClIN4O. The number of rotatable bonds is 3. The van der Waals surface area contributed by atoms with E-state index in [0.717, 1.165) is 16.8 Å². The Hall–Kier alpha value is -1.25. The Morgan fingerprint density at radius 1 is 1.15 bits per heavy atom. The first-order chi connectivity index (χ1) is 9.67. The Balaban J connectivity index is 1.97. The third-order valence-electron chi connectivity index (χ3n) is 2.95. The molecule has 0 saturated carbocycles. The number of hydrogen-bond donors (Lipinski definition) is 1. The quantitative estimate of drug-likeness (QED) is 0.417. The van der Waals surface area contributed by atoms with Crippen molar-refractivity contribution in [1.82, 2.24) is 19.5 Å². The topological polar surface area (TPSA) is 63.8 Å². The molecule has 0 amide bonds. The fraction of sp³-hybridized carbons (Fsp3) is 0.154. The SMILES string of the molecule is OCc1ccc(Cn2cnc3c(Cl)nc(I)nc32)cc1. The van der Waals surface area contributed by atoms with E-state index >= 15 is 0 Å². The molecule has 102 valence electrons. The van der Waals surface area contributed by atoms with Gasteiger partial charge in [-0.3, -0.25) is 0 Å². The molecule has 0 aliphatic carbocycles. The minimum atomic E-state index is 0.0509. The van der Waals surface area contributed by atoms with Crippen molar-refractivity contribution < 1.29 is 5.11 Å². The molecule has 0 radical (unpaired) electrons. The molecule has 5 nitrogen and oxygen atoms in total. The molecule has 0 aliphatic rings. The van der Waals surface area contributed by atoms with Gasteiger partial charge in [-0.1, -0.05) is 35.9 Å². The maximum atomic E-state index is 9.04. The predicted molar refractivity (Wildman–Crippen MR) is 84.5 cm³/mol. The number of aromatic nitrogens is 4. The molecule has 2 heterocycles. The number of benzene rings is 1. The van der Waals surface area contributed by atoms with Crippen LogP contribution >= 0.6 is 34.2 Å². The fourth-order valence-electron chi connectivity index (χ4n) is 1.95. The number of aliphatic hydroxyl groups excluding tert-OH is 1. The summed E-state index contributed by atoms with van der Waals surface area (Å²) in [6.45, 7) is 0.695. The summed E-state index contributed by atoms with van der Waals surface area (Å²) < 4.78 is 2.52. The van der Waals surface area contributed by atoms with E-state index in [9.17, 15) is 0 Å². The van der Waals surface area contributed by atoms with Crippen LogP contribution in [0.1, 0.15) is 11.1 Å². The first-order valence-corrected chi connectivity index (χ1v) is 7.35. The number of hydrogen-bond acceptors (Lipinski definition) is 4. The summed E-state index contributed by atoms with van der Waals surface area (Å²) in [7, 11) is 0. The first kappa shape index (κ1) is 13.7. The number of fused-ring (bicyclic) bond motifs is 1. The van der Waals surface area contributed by atoms with Gasteiger partial charge in [0.15, 0.2) is 14.6 Å². The Labute approximate surface area is 133 Å². The van der Waals surface area contributed by atoms with Crippen molar-refractivity contribution in [2.45, 2.75) is 13.2 Å². The van der Waals surface area contributed by atoms with E-state index in [-0.39, 0.29) is 6.61 Å². The highest BCUT2D eigenvalue weighted by Gasteiger charge is 2.10. The van der Waals surface area contributed by atoms with Crippen LogP contribution in [0.15, 0.2) is 30.6 Å². The highest BCUT2D eigenvalue weighted by molar-refractivity contribution is 14.1. The maximum Gasteiger partial charge on any atom is 0.194 e. The molecule has 20 heavy (non-hydrogen) atoms. The van der Waals surface area contributed by atoms with Crippen molar-refractivity contribution in [3.05, 3.63) is 50.7 Å². The maximum absolute atomic E-state index is 9.04. The number of nitrogens with zero attached hydrogens (tertiary/aromatic N) is 4. The molecule has 3 rings (SSSR count). The minimum Gasteiger partial charge on any atom is -0.392 e. The lowest BCUT2D eigenvalue weighted by Gasteiger charge is -2.05. The Kier molecular flexibility index (Phi) is 3.86. The summed E-state index contributed by atoms with van der Waals surface area (Å²) in [5.41, 5.74) is 3.33. The van der Waals surface area contributed by atoms with Crippen LogP contribution in [-0.2, 0) is 13.2 Å². The average Bonchev–Trinajstić information content (AvgIpc) is 2.83. The van der Waals surface area contributed by atoms with Crippen LogP contribution in [0.5, 0.6) is 0 Å². The fourth-order valence-corrected chi connectivity index (χ4v) is 2.77. The highest BCUT2D eigenvalue weighted by Crippen LogP contribution is 2.20. The van der Waals surface area contributed by atoms with Gasteiger partial charge in [0.2, 0.25) is 0 Å². The zero-order valence-corrected chi connectivity index (χ0v) is 13.2. The molecule has 7 heteroatoms. The molecule has 0 aliphatic heterocycles. The number of imidazole rings is 1. The zero-order chi connectivity index (χ0) is 14.1. The van der Waals surface area contributed by atoms with E-state index in [0.29, 0.717) is 21.0 Å². The van der Waals surface area contributed by atoms with Gasteiger partial charge in [0.05, 0.1) is 19.5 Å². The second-order valence-corrected chi connectivity index (χ2v) is 5.63. The van der Waals surface area contributed by atoms with Crippen molar-refractivity contribution in [3.8, 4) is 0 Å². The van der Waals surface area contributed by atoms with E-state index in [4.69, 9.17) is 16.7 Å². The van der Waals surface area contributed by atoms with E-state index in [2.05, 4.69) is 15.0 Å². The van der Waals surface area contributed by atoms with Crippen molar-refractivity contribution in [2.75, 3.05) is 0 Å². The molecule has 0 bridgehead atoms. The largest absolute Gasteiger partial charge is 0.392 e. The number of aliphatic hydroxyl groups is 1.